The Balaban J connectivity index is 1.94. The third kappa shape index (κ3) is 2.60. The molecule has 0 amide bonds. The maximum Gasteiger partial charge on any atom is 0.276 e. The Labute approximate surface area is 122 Å². The van der Waals surface area contributed by atoms with Crippen molar-refractivity contribution in [3.05, 3.63) is 69.9 Å². The molecule has 1 atom stereocenters. The van der Waals surface area contributed by atoms with Crippen LogP contribution in [0.3, 0.4) is 0 Å². The SMILES string of the molecule is Cc1cc(C)cc(C(O)Cn2ccn3nccc3c2=O)c1. The summed E-state index contributed by atoms with van der Waals surface area (Å²) in [4.78, 5) is 12.3. The van der Waals surface area contributed by atoms with Gasteiger partial charge in [-0.15, -0.1) is 0 Å². The highest BCUT2D eigenvalue weighted by molar-refractivity contribution is 5.42. The van der Waals surface area contributed by atoms with Crippen LogP contribution in [0.1, 0.15) is 22.8 Å². The van der Waals surface area contributed by atoms with Crippen molar-refractivity contribution in [1.82, 2.24) is 14.2 Å². The summed E-state index contributed by atoms with van der Waals surface area (Å²) in [5.74, 6) is 0. The Bertz CT molecular complexity index is 828. The summed E-state index contributed by atoms with van der Waals surface area (Å²) in [5, 5.41) is 14.4. The van der Waals surface area contributed by atoms with E-state index < -0.39 is 6.10 Å². The molecule has 0 bridgehead atoms. The van der Waals surface area contributed by atoms with Crippen molar-refractivity contribution in [3.63, 3.8) is 0 Å². The van der Waals surface area contributed by atoms with Crippen LogP contribution in [0.15, 0.2) is 47.7 Å². The predicted molar refractivity (Wildman–Crippen MR) is 80.3 cm³/mol. The van der Waals surface area contributed by atoms with Gasteiger partial charge in [0.25, 0.3) is 5.56 Å². The number of hydrogen-bond donors (Lipinski definition) is 1. The lowest BCUT2D eigenvalue weighted by molar-refractivity contribution is 0.155. The van der Waals surface area contributed by atoms with E-state index in [4.69, 9.17) is 0 Å². The number of hydrogen-bond acceptors (Lipinski definition) is 3. The molecule has 2 aromatic heterocycles. The highest BCUT2D eigenvalue weighted by Crippen LogP contribution is 2.18. The van der Waals surface area contributed by atoms with Gasteiger partial charge in [-0.3, -0.25) is 4.79 Å². The lowest BCUT2D eigenvalue weighted by atomic mass is 10.0. The zero-order valence-electron chi connectivity index (χ0n) is 12.0. The van der Waals surface area contributed by atoms with E-state index in [0.29, 0.717) is 5.52 Å². The van der Waals surface area contributed by atoms with Gasteiger partial charge in [-0.2, -0.15) is 5.10 Å². The molecule has 5 nitrogen and oxygen atoms in total. The average Bonchev–Trinajstić information content (AvgIpc) is 2.90. The Kier molecular flexibility index (Phi) is 3.35. The normalized spacial score (nSPS) is 12.7. The van der Waals surface area contributed by atoms with Crippen molar-refractivity contribution in [2.45, 2.75) is 26.5 Å². The fourth-order valence-corrected chi connectivity index (χ4v) is 2.60. The molecule has 1 unspecified atom stereocenters. The van der Waals surface area contributed by atoms with E-state index in [2.05, 4.69) is 11.2 Å². The molecule has 108 valence electrons. The third-order valence-corrected chi connectivity index (χ3v) is 3.54. The summed E-state index contributed by atoms with van der Waals surface area (Å²) in [6, 6.07) is 7.61. The van der Waals surface area contributed by atoms with Gasteiger partial charge in [0.15, 0.2) is 0 Å². The summed E-state index contributed by atoms with van der Waals surface area (Å²) in [6.07, 6.45) is 4.23. The number of nitrogens with zero attached hydrogens (tertiary/aromatic N) is 3. The quantitative estimate of drug-likeness (QED) is 0.798. The van der Waals surface area contributed by atoms with E-state index in [-0.39, 0.29) is 12.1 Å². The Morgan fingerprint density at radius 1 is 1.19 bits per heavy atom. The van der Waals surface area contributed by atoms with Gasteiger partial charge in [-0.05, 0) is 25.5 Å². The van der Waals surface area contributed by atoms with Crippen LogP contribution < -0.4 is 5.56 Å². The second kappa shape index (κ2) is 5.18. The van der Waals surface area contributed by atoms with Crippen molar-refractivity contribution in [1.29, 1.82) is 0 Å². The molecule has 0 saturated carbocycles. The molecule has 1 aromatic carbocycles. The first-order valence-electron chi connectivity index (χ1n) is 6.83. The molecule has 0 fully saturated rings. The minimum absolute atomic E-state index is 0.154. The summed E-state index contributed by atoms with van der Waals surface area (Å²) in [7, 11) is 0. The highest BCUT2D eigenvalue weighted by atomic mass is 16.3. The number of rotatable bonds is 3. The first-order chi connectivity index (χ1) is 10.0. The summed E-state index contributed by atoms with van der Waals surface area (Å²) >= 11 is 0. The Hall–Kier alpha value is -2.40. The van der Waals surface area contributed by atoms with E-state index >= 15 is 0 Å². The van der Waals surface area contributed by atoms with Crippen LogP contribution in [0.5, 0.6) is 0 Å². The average molecular weight is 283 g/mol. The third-order valence-electron chi connectivity index (χ3n) is 3.54. The van der Waals surface area contributed by atoms with E-state index in [9.17, 15) is 9.90 Å². The van der Waals surface area contributed by atoms with Gasteiger partial charge >= 0.3 is 0 Å². The first-order valence-corrected chi connectivity index (χ1v) is 6.83. The van der Waals surface area contributed by atoms with Crippen molar-refractivity contribution in [3.8, 4) is 0 Å². The molecule has 0 spiro atoms. The molecule has 5 heteroatoms. The minimum Gasteiger partial charge on any atom is -0.387 e. The van der Waals surface area contributed by atoms with Gasteiger partial charge < -0.3 is 9.67 Å². The monoisotopic (exact) mass is 283 g/mol. The van der Waals surface area contributed by atoms with E-state index in [0.717, 1.165) is 16.7 Å². The summed E-state index contributed by atoms with van der Waals surface area (Å²) in [6.45, 7) is 4.21. The zero-order chi connectivity index (χ0) is 15.0. The molecule has 0 saturated heterocycles. The maximum absolute atomic E-state index is 12.3. The second-order valence-corrected chi connectivity index (χ2v) is 5.35. The molecule has 3 aromatic rings. The molecular weight excluding hydrogens is 266 g/mol. The predicted octanol–water partition coefficient (Wildman–Crippen LogP) is 1.85. The van der Waals surface area contributed by atoms with Crippen LogP contribution in [0.25, 0.3) is 5.52 Å². The Morgan fingerprint density at radius 3 is 2.62 bits per heavy atom. The lowest BCUT2D eigenvalue weighted by Gasteiger charge is -2.14. The standard InChI is InChI=1S/C16H17N3O2/c1-11-7-12(2)9-13(8-11)15(20)10-18-5-6-19-14(16(18)21)3-4-17-19/h3-9,15,20H,10H2,1-2H3. The van der Waals surface area contributed by atoms with Gasteiger partial charge in [0.05, 0.1) is 18.8 Å². The fraction of sp³-hybridized carbons (Fsp3) is 0.250. The Morgan fingerprint density at radius 2 is 1.90 bits per heavy atom. The molecule has 0 aliphatic heterocycles. The van der Waals surface area contributed by atoms with Gasteiger partial charge in [0, 0.05) is 12.4 Å². The van der Waals surface area contributed by atoms with Crippen LogP contribution in [-0.4, -0.2) is 19.3 Å². The summed E-state index contributed by atoms with van der Waals surface area (Å²) < 4.78 is 3.04. The largest absolute Gasteiger partial charge is 0.387 e. The number of aromatic nitrogens is 3. The van der Waals surface area contributed by atoms with Gasteiger partial charge in [0.1, 0.15) is 5.52 Å². The van der Waals surface area contributed by atoms with Crippen molar-refractivity contribution >= 4 is 5.52 Å². The molecule has 21 heavy (non-hydrogen) atoms. The first kappa shape index (κ1) is 13.6. The smallest absolute Gasteiger partial charge is 0.276 e. The second-order valence-electron chi connectivity index (χ2n) is 5.35. The number of aryl methyl sites for hydroxylation is 2. The fourth-order valence-electron chi connectivity index (χ4n) is 2.60. The van der Waals surface area contributed by atoms with E-state index in [1.807, 2.05) is 26.0 Å². The topological polar surface area (TPSA) is 59.5 Å². The van der Waals surface area contributed by atoms with Crippen molar-refractivity contribution < 1.29 is 5.11 Å². The minimum atomic E-state index is -0.716. The van der Waals surface area contributed by atoms with Crippen LogP contribution in [0, 0.1) is 13.8 Å². The van der Waals surface area contributed by atoms with Gasteiger partial charge in [-0.1, -0.05) is 29.3 Å². The number of benzene rings is 1. The van der Waals surface area contributed by atoms with E-state index in [1.165, 1.54) is 9.08 Å². The van der Waals surface area contributed by atoms with Crippen LogP contribution in [-0.2, 0) is 6.54 Å². The van der Waals surface area contributed by atoms with E-state index in [1.54, 1.807) is 24.7 Å². The maximum atomic E-state index is 12.3. The number of fused-ring (bicyclic) bond motifs is 1. The molecular formula is C16H17N3O2. The van der Waals surface area contributed by atoms with Gasteiger partial charge in [0.2, 0.25) is 0 Å². The van der Waals surface area contributed by atoms with Crippen molar-refractivity contribution in [2.75, 3.05) is 0 Å². The van der Waals surface area contributed by atoms with Crippen LogP contribution in [0.4, 0.5) is 0 Å². The van der Waals surface area contributed by atoms with Crippen LogP contribution >= 0.6 is 0 Å². The molecule has 1 N–H and O–H groups in total. The van der Waals surface area contributed by atoms with Crippen LogP contribution in [0.2, 0.25) is 0 Å². The molecule has 3 rings (SSSR count). The van der Waals surface area contributed by atoms with Gasteiger partial charge in [-0.25, -0.2) is 4.52 Å². The molecule has 2 heterocycles. The zero-order valence-corrected chi connectivity index (χ0v) is 12.0. The lowest BCUT2D eigenvalue weighted by Crippen LogP contribution is -2.24. The van der Waals surface area contributed by atoms with Crippen molar-refractivity contribution in [2.24, 2.45) is 0 Å². The molecule has 0 aliphatic carbocycles. The highest BCUT2D eigenvalue weighted by Gasteiger charge is 2.11. The molecule has 0 radical (unpaired) electrons. The molecule has 0 aliphatic rings. The number of aliphatic hydroxyl groups is 1. The number of aliphatic hydroxyl groups excluding tert-OH is 1. The summed E-state index contributed by atoms with van der Waals surface area (Å²) in [5.41, 5.74) is 3.38.